The van der Waals surface area contributed by atoms with Gasteiger partial charge in [-0.1, -0.05) is 11.3 Å². The summed E-state index contributed by atoms with van der Waals surface area (Å²) in [6.07, 6.45) is 3.99. The van der Waals surface area contributed by atoms with Crippen LogP contribution in [-0.2, 0) is 9.53 Å². The summed E-state index contributed by atoms with van der Waals surface area (Å²) < 4.78 is 12.5. The minimum absolute atomic E-state index is 0.00149. The van der Waals surface area contributed by atoms with Crippen LogP contribution in [0.25, 0.3) is 10.2 Å². The first-order chi connectivity index (χ1) is 17.1. The lowest BCUT2D eigenvalue weighted by atomic mass is 9.81. The van der Waals surface area contributed by atoms with Crippen LogP contribution in [0.1, 0.15) is 25.7 Å². The van der Waals surface area contributed by atoms with E-state index in [1.54, 1.807) is 23.1 Å². The molecule has 1 amide bonds. The number of carbonyl (C=O) groups is 1. The van der Waals surface area contributed by atoms with E-state index in [2.05, 4.69) is 21.6 Å². The molecule has 10 heteroatoms. The lowest BCUT2D eigenvalue weighted by molar-refractivity contribution is -0.126. The number of thiazole rings is 1. The number of hydrogen-bond acceptors (Lipinski definition) is 9. The summed E-state index contributed by atoms with van der Waals surface area (Å²) in [6.45, 7) is 6.08. The fourth-order valence-corrected chi connectivity index (χ4v) is 6.70. The van der Waals surface area contributed by atoms with Gasteiger partial charge in [-0.05, 0) is 55.2 Å². The molecule has 3 aliphatic rings. The van der Waals surface area contributed by atoms with Crippen molar-refractivity contribution in [3.63, 3.8) is 0 Å². The van der Waals surface area contributed by atoms with Crippen molar-refractivity contribution in [3.8, 4) is 5.75 Å². The third-order valence-corrected chi connectivity index (χ3v) is 9.04. The summed E-state index contributed by atoms with van der Waals surface area (Å²) in [5.41, 5.74) is 7.74. The molecular formula is C25H35N5O3S2. The predicted octanol–water partition coefficient (Wildman–Crippen LogP) is 3.26. The molecule has 2 aromatic rings. The third-order valence-electron chi connectivity index (χ3n) is 7.10. The Balaban J connectivity index is 1.04. The van der Waals surface area contributed by atoms with Crippen LogP contribution >= 0.6 is 23.1 Å². The maximum Gasteiger partial charge on any atom is 0.223 e. The van der Waals surface area contributed by atoms with E-state index in [4.69, 9.17) is 20.2 Å². The second kappa shape index (κ2) is 11.8. The normalized spacial score (nSPS) is 25.4. The third kappa shape index (κ3) is 6.61. The highest BCUT2D eigenvalue weighted by atomic mass is 32.2. The standard InChI is InChI=1S/C25H35N5O3S2/c26-20-15-34-16-22(20)28-24(31)18-3-1-17(2-4-18)14-27-25-29-21-6-5-19(13-23(21)35-25)33-12-9-30-7-10-32-11-8-30/h5-6,13,15,17-18,22H,1-4,7-12,14,16,26H2,(H,27,29)(H,28,31). The molecular weight excluding hydrogens is 482 g/mol. The molecule has 1 atom stereocenters. The number of benzene rings is 1. The Kier molecular flexibility index (Phi) is 8.33. The molecule has 0 spiro atoms. The summed E-state index contributed by atoms with van der Waals surface area (Å²) in [4.78, 5) is 19.7. The Labute approximate surface area is 215 Å². The van der Waals surface area contributed by atoms with Crippen molar-refractivity contribution >= 4 is 44.4 Å². The van der Waals surface area contributed by atoms with E-state index >= 15 is 0 Å². The smallest absolute Gasteiger partial charge is 0.223 e. The number of carbonyl (C=O) groups excluding carboxylic acids is 1. The first-order valence-corrected chi connectivity index (χ1v) is 14.5. The molecule has 1 unspecified atom stereocenters. The van der Waals surface area contributed by atoms with Crippen molar-refractivity contribution in [2.24, 2.45) is 17.6 Å². The number of anilines is 1. The molecule has 35 heavy (non-hydrogen) atoms. The van der Waals surface area contributed by atoms with Crippen LogP contribution in [0, 0.1) is 11.8 Å². The summed E-state index contributed by atoms with van der Waals surface area (Å²) in [5, 5.41) is 9.55. The molecule has 0 bridgehead atoms. The van der Waals surface area contributed by atoms with E-state index in [9.17, 15) is 4.79 Å². The molecule has 190 valence electrons. The Bertz CT molecular complexity index is 1030. The fourth-order valence-electron chi connectivity index (χ4n) is 4.88. The van der Waals surface area contributed by atoms with Crippen LogP contribution in [0.5, 0.6) is 5.75 Å². The average molecular weight is 518 g/mol. The summed E-state index contributed by atoms with van der Waals surface area (Å²) in [7, 11) is 0. The number of nitrogens with zero attached hydrogens (tertiary/aromatic N) is 2. The fraction of sp³-hybridized carbons (Fsp3) is 0.600. The van der Waals surface area contributed by atoms with Gasteiger partial charge in [-0.25, -0.2) is 4.98 Å². The van der Waals surface area contributed by atoms with Gasteiger partial charge in [-0.15, -0.1) is 11.8 Å². The first-order valence-electron chi connectivity index (χ1n) is 12.6. The number of ether oxygens (including phenoxy) is 2. The van der Waals surface area contributed by atoms with Crippen molar-refractivity contribution in [1.29, 1.82) is 0 Å². The molecule has 1 saturated heterocycles. The number of thioether (sulfide) groups is 1. The Morgan fingerprint density at radius 1 is 1.23 bits per heavy atom. The van der Waals surface area contributed by atoms with Crippen molar-refractivity contribution in [1.82, 2.24) is 15.2 Å². The van der Waals surface area contributed by atoms with Gasteiger partial charge in [0, 0.05) is 43.5 Å². The molecule has 4 N–H and O–H groups in total. The maximum atomic E-state index is 12.6. The van der Waals surface area contributed by atoms with Crippen LogP contribution in [0.2, 0.25) is 0 Å². The van der Waals surface area contributed by atoms with E-state index < -0.39 is 0 Å². The number of nitrogens with one attached hydrogen (secondary N) is 2. The molecule has 1 aliphatic carbocycles. The monoisotopic (exact) mass is 517 g/mol. The highest BCUT2D eigenvalue weighted by Gasteiger charge is 2.29. The Morgan fingerprint density at radius 2 is 2.06 bits per heavy atom. The minimum atomic E-state index is 0.00149. The second-order valence-corrected chi connectivity index (χ2v) is 11.5. The lowest BCUT2D eigenvalue weighted by Gasteiger charge is -2.28. The van der Waals surface area contributed by atoms with E-state index in [1.165, 1.54) is 0 Å². The molecule has 2 fully saturated rings. The number of fused-ring (bicyclic) bond motifs is 1. The summed E-state index contributed by atoms with van der Waals surface area (Å²) in [5.74, 6) is 2.58. The minimum Gasteiger partial charge on any atom is -0.492 e. The number of morpholine rings is 1. The van der Waals surface area contributed by atoms with E-state index in [0.717, 1.165) is 97.6 Å². The van der Waals surface area contributed by atoms with E-state index in [1.807, 2.05) is 17.5 Å². The lowest BCUT2D eigenvalue weighted by Crippen LogP contribution is -2.43. The average Bonchev–Trinajstić information content (AvgIpc) is 3.48. The predicted molar refractivity (Wildman–Crippen MR) is 143 cm³/mol. The second-order valence-electron chi connectivity index (χ2n) is 9.56. The van der Waals surface area contributed by atoms with Gasteiger partial charge >= 0.3 is 0 Å². The SMILES string of the molecule is NC1=CSCC1NC(=O)C1CCC(CNc2nc3ccc(OCCN4CCOCC4)cc3s2)CC1. The van der Waals surface area contributed by atoms with Gasteiger partial charge in [0.25, 0.3) is 0 Å². The van der Waals surface area contributed by atoms with Crippen molar-refractivity contribution in [3.05, 3.63) is 29.3 Å². The highest BCUT2D eigenvalue weighted by Crippen LogP contribution is 2.32. The Hall–Kier alpha value is -2.01. The molecule has 2 aliphatic heterocycles. The molecule has 1 aromatic carbocycles. The Morgan fingerprint density at radius 3 is 2.83 bits per heavy atom. The number of rotatable bonds is 9. The number of nitrogens with two attached hydrogens (primary N) is 1. The van der Waals surface area contributed by atoms with Gasteiger partial charge in [0.2, 0.25) is 5.91 Å². The molecule has 8 nitrogen and oxygen atoms in total. The van der Waals surface area contributed by atoms with Gasteiger partial charge in [0.15, 0.2) is 5.13 Å². The molecule has 3 heterocycles. The van der Waals surface area contributed by atoms with Crippen LogP contribution in [-0.4, -0.2) is 73.6 Å². The van der Waals surface area contributed by atoms with E-state index in [0.29, 0.717) is 12.5 Å². The van der Waals surface area contributed by atoms with Crippen LogP contribution in [0.15, 0.2) is 29.3 Å². The van der Waals surface area contributed by atoms with Crippen molar-refractivity contribution in [2.75, 3.05) is 57.1 Å². The van der Waals surface area contributed by atoms with Gasteiger partial charge < -0.3 is 25.8 Å². The zero-order valence-electron chi connectivity index (χ0n) is 20.0. The summed E-state index contributed by atoms with van der Waals surface area (Å²) >= 11 is 3.34. The number of amides is 1. The topological polar surface area (TPSA) is 102 Å². The van der Waals surface area contributed by atoms with Gasteiger partial charge in [-0.2, -0.15) is 0 Å². The summed E-state index contributed by atoms with van der Waals surface area (Å²) in [6, 6.07) is 6.13. The zero-order chi connectivity index (χ0) is 24.0. The molecule has 1 saturated carbocycles. The van der Waals surface area contributed by atoms with Gasteiger partial charge in [0.05, 0.1) is 29.5 Å². The zero-order valence-corrected chi connectivity index (χ0v) is 21.7. The molecule has 1 aromatic heterocycles. The molecule has 0 radical (unpaired) electrons. The quantitative estimate of drug-likeness (QED) is 0.466. The number of aromatic nitrogens is 1. The highest BCUT2D eigenvalue weighted by molar-refractivity contribution is 8.02. The van der Waals surface area contributed by atoms with Crippen LogP contribution in [0.3, 0.4) is 0 Å². The van der Waals surface area contributed by atoms with Crippen molar-refractivity contribution < 1.29 is 14.3 Å². The van der Waals surface area contributed by atoms with Gasteiger partial charge in [-0.3, -0.25) is 9.69 Å². The van der Waals surface area contributed by atoms with E-state index in [-0.39, 0.29) is 17.9 Å². The largest absolute Gasteiger partial charge is 0.492 e. The van der Waals surface area contributed by atoms with Crippen LogP contribution in [0.4, 0.5) is 5.13 Å². The molecule has 5 rings (SSSR count). The maximum absolute atomic E-state index is 12.6. The number of hydrogen-bond donors (Lipinski definition) is 3. The van der Waals surface area contributed by atoms with Gasteiger partial charge in [0.1, 0.15) is 12.4 Å². The van der Waals surface area contributed by atoms with Crippen molar-refractivity contribution in [2.45, 2.75) is 31.7 Å². The van der Waals surface area contributed by atoms with Crippen LogP contribution < -0.4 is 21.1 Å². The first kappa shape index (κ1) is 24.7.